The standard InChI is InChI=1S/C13H18ClNO/c1-10(2)13(16)15-9-5-7-11-6-3-4-8-12(11)14/h3-4,6,8,10H,5,7,9H2,1-2H3,(H,15,16). The van der Waals surface area contributed by atoms with Gasteiger partial charge in [0, 0.05) is 17.5 Å². The Morgan fingerprint density at radius 2 is 2.06 bits per heavy atom. The lowest BCUT2D eigenvalue weighted by Crippen LogP contribution is -2.28. The predicted molar refractivity (Wildman–Crippen MR) is 67.6 cm³/mol. The summed E-state index contributed by atoms with van der Waals surface area (Å²) in [5.74, 6) is 0.166. The third-order valence-corrected chi connectivity index (χ3v) is 2.77. The van der Waals surface area contributed by atoms with E-state index < -0.39 is 0 Å². The topological polar surface area (TPSA) is 29.1 Å². The highest BCUT2D eigenvalue weighted by Crippen LogP contribution is 2.16. The zero-order valence-electron chi connectivity index (χ0n) is 9.79. The highest BCUT2D eigenvalue weighted by atomic mass is 35.5. The van der Waals surface area contributed by atoms with Crippen molar-refractivity contribution in [2.45, 2.75) is 26.7 Å². The van der Waals surface area contributed by atoms with Crippen molar-refractivity contribution in [1.29, 1.82) is 0 Å². The third-order valence-electron chi connectivity index (χ3n) is 2.40. The Morgan fingerprint density at radius 3 is 2.69 bits per heavy atom. The molecule has 1 N–H and O–H groups in total. The molecular weight excluding hydrogens is 222 g/mol. The molecule has 1 rings (SSSR count). The van der Waals surface area contributed by atoms with Gasteiger partial charge in [0.25, 0.3) is 0 Å². The number of amides is 1. The van der Waals surface area contributed by atoms with Gasteiger partial charge in [0.2, 0.25) is 5.91 Å². The molecule has 0 saturated heterocycles. The zero-order valence-corrected chi connectivity index (χ0v) is 10.6. The predicted octanol–water partition coefficient (Wildman–Crippen LogP) is 3.04. The molecule has 0 saturated carbocycles. The molecule has 1 aromatic rings. The van der Waals surface area contributed by atoms with E-state index in [2.05, 4.69) is 5.32 Å². The van der Waals surface area contributed by atoms with Gasteiger partial charge in [-0.3, -0.25) is 4.79 Å². The van der Waals surface area contributed by atoms with Crippen LogP contribution in [0.2, 0.25) is 5.02 Å². The van der Waals surface area contributed by atoms with E-state index in [0.717, 1.165) is 23.4 Å². The number of carbonyl (C=O) groups is 1. The molecule has 0 heterocycles. The summed E-state index contributed by atoms with van der Waals surface area (Å²) in [7, 11) is 0. The molecule has 0 spiro atoms. The van der Waals surface area contributed by atoms with E-state index in [-0.39, 0.29) is 11.8 Å². The van der Waals surface area contributed by atoms with Crippen molar-refractivity contribution in [3.63, 3.8) is 0 Å². The van der Waals surface area contributed by atoms with Gasteiger partial charge >= 0.3 is 0 Å². The van der Waals surface area contributed by atoms with Crippen LogP contribution in [0.4, 0.5) is 0 Å². The van der Waals surface area contributed by atoms with E-state index in [9.17, 15) is 4.79 Å². The second-order valence-electron chi connectivity index (χ2n) is 4.14. The zero-order chi connectivity index (χ0) is 12.0. The maximum atomic E-state index is 11.3. The first-order chi connectivity index (χ1) is 7.61. The van der Waals surface area contributed by atoms with Crippen LogP contribution in [0.15, 0.2) is 24.3 Å². The lowest BCUT2D eigenvalue weighted by molar-refractivity contribution is -0.123. The van der Waals surface area contributed by atoms with E-state index in [0.29, 0.717) is 6.54 Å². The highest BCUT2D eigenvalue weighted by molar-refractivity contribution is 6.31. The second-order valence-corrected chi connectivity index (χ2v) is 4.55. The smallest absolute Gasteiger partial charge is 0.222 e. The number of hydrogen-bond donors (Lipinski definition) is 1. The minimum absolute atomic E-state index is 0.0558. The molecule has 0 aliphatic heterocycles. The van der Waals surface area contributed by atoms with Crippen LogP contribution in [0.1, 0.15) is 25.8 Å². The Morgan fingerprint density at radius 1 is 1.38 bits per heavy atom. The SMILES string of the molecule is CC(C)C(=O)NCCCc1ccccc1Cl. The molecular formula is C13H18ClNO. The molecule has 0 atom stereocenters. The molecule has 2 nitrogen and oxygen atoms in total. The molecule has 0 aliphatic rings. The van der Waals surface area contributed by atoms with E-state index in [1.165, 1.54) is 0 Å². The summed E-state index contributed by atoms with van der Waals surface area (Å²) in [5.41, 5.74) is 1.14. The molecule has 1 amide bonds. The summed E-state index contributed by atoms with van der Waals surface area (Å²) in [5, 5.41) is 3.69. The number of benzene rings is 1. The van der Waals surface area contributed by atoms with Gasteiger partial charge in [0.15, 0.2) is 0 Å². The average Bonchev–Trinajstić information content (AvgIpc) is 2.26. The number of rotatable bonds is 5. The molecule has 16 heavy (non-hydrogen) atoms. The monoisotopic (exact) mass is 239 g/mol. The number of nitrogens with one attached hydrogen (secondary N) is 1. The maximum Gasteiger partial charge on any atom is 0.222 e. The van der Waals surface area contributed by atoms with Crippen LogP contribution in [-0.2, 0) is 11.2 Å². The summed E-state index contributed by atoms with van der Waals surface area (Å²) < 4.78 is 0. The van der Waals surface area contributed by atoms with Crippen molar-refractivity contribution in [2.75, 3.05) is 6.54 Å². The third kappa shape index (κ3) is 4.23. The number of halogens is 1. The summed E-state index contributed by atoms with van der Waals surface area (Å²) in [6.07, 6.45) is 1.82. The fourth-order valence-electron chi connectivity index (χ4n) is 1.40. The Kier molecular flexibility index (Phi) is 5.33. The lowest BCUT2D eigenvalue weighted by Gasteiger charge is -2.08. The Balaban J connectivity index is 2.26. The van der Waals surface area contributed by atoms with Crippen LogP contribution in [0, 0.1) is 5.92 Å². The van der Waals surface area contributed by atoms with Crippen LogP contribution in [0.25, 0.3) is 0 Å². The van der Waals surface area contributed by atoms with Gasteiger partial charge in [0.1, 0.15) is 0 Å². The Bertz CT molecular complexity index is 350. The summed E-state index contributed by atoms with van der Waals surface area (Å²) in [6.45, 7) is 4.50. The van der Waals surface area contributed by atoms with E-state index in [1.807, 2.05) is 38.1 Å². The van der Waals surface area contributed by atoms with Crippen molar-refractivity contribution >= 4 is 17.5 Å². The quantitative estimate of drug-likeness (QED) is 0.787. The number of carbonyl (C=O) groups excluding carboxylic acids is 1. The minimum atomic E-state index is 0.0558. The van der Waals surface area contributed by atoms with Gasteiger partial charge in [-0.15, -0.1) is 0 Å². The van der Waals surface area contributed by atoms with Crippen molar-refractivity contribution in [3.8, 4) is 0 Å². The number of aryl methyl sites for hydroxylation is 1. The first kappa shape index (κ1) is 13.0. The normalized spacial score (nSPS) is 10.5. The molecule has 0 radical (unpaired) electrons. The minimum Gasteiger partial charge on any atom is -0.356 e. The molecule has 0 bridgehead atoms. The average molecular weight is 240 g/mol. The van der Waals surface area contributed by atoms with Gasteiger partial charge in [-0.1, -0.05) is 43.6 Å². The number of hydrogen-bond acceptors (Lipinski definition) is 1. The first-order valence-electron chi connectivity index (χ1n) is 5.62. The maximum absolute atomic E-state index is 11.3. The van der Waals surface area contributed by atoms with Gasteiger partial charge in [-0.25, -0.2) is 0 Å². The van der Waals surface area contributed by atoms with Crippen LogP contribution >= 0.6 is 11.6 Å². The van der Waals surface area contributed by atoms with Crippen LogP contribution in [0.5, 0.6) is 0 Å². The largest absolute Gasteiger partial charge is 0.356 e. The van der Waals surface area contributed by atoms with E-state index >= 15 is 0 Å². The van der Waals surface area contributed by atoms with Gasteiger partial charge in [0.05, 0.1) is 0 Å². The molecule has 3 heteroatoms. The van der Waals surface area contributed by atoms with E-state index in [1.54, 1.807) is 0 Å². The van der Waals surface area contributed by atoms with Crippen molar-refractivity contribution in [3.05, 3.63) is 34.9 Å². The fourth-order valence-corrected chi connectivity index (χ4v) is 1.63. The van der Waals surface area contributed by atoms with Crippen molar-refractivity contribution in [1.82, 2.24) is 5.32 Å². The summed E-state index contributed by atoms with van der Waals surface area (Å²) in [6, 6.07) is 7.82. The molecule has 0 aromatic heterocycles. The lowest BCUT2D eigenvalue weighted by atomic mass is 10.1. The summed E-state index contributed by atoms with van der Waals surface area (Å²) in [4.78, 5) is 11.3. The molecule has 88 valence electrons. The van der Waals surface area contributed by atoms with Crippen molar-refractivity contribution in [2.24, 2.45) is 5.92 Å². The molecule has 0 fully saturated rings. The van der Waals surface area contributed by atoms with Crippen molar-refractivity contribution < 1.29 is 4.79 Å². The van der Waals surface area contributed by atoms with Crippen LogP contribution in [-0.4, -0.2) is 12.5 Å². The van der Waals surface area contributed by atoms with Crippen LogP contribution in [0.3, 0.4) is 0 Å². The molecule has 1 aromatic carbocycles. The van der Waals surface area contributed by atoms with Gasteiger partial charge in [-0.05, 0) is 24.5 Å². The second kappa shape index (κ2) is 6.54. The Hall–Kier alpha value is -1.02. The first-order valence-corrected chi connectivity index (χ1v) is 6.00. The highest BCUT2D eigenvalue weighted by Gasteiger charge is 2.05. The van der Waals surface area contributed by atoms with Gasteiger partial charge < -0.3 is 5.32 Å². The van der Waals surface area contributed by atoms with Crippen LogP contribution < -0.4 is 5.32 Å². The fraction of sp³-hybridized carbons (Fsp3) is 0.462. The molecule has 0 unspecified atom stereocenters. The molecule has 0 aliphatic carbocycles. The summed E-state index contributed by atoms with van der Waals surface area (Å²) >= 11 is 6.03. The Labute approximate surface area is 102 Å². The van der Waals surface area contributed by atoms with E-state index in [4.69, 9.17) is 11.6 Å². The van der Waals surface area contributed by atoms with Gasteiger partial charge in [-0.2, -0.15) is 0 Å².